The average Bonchev–Trinajstić information content (AvgIpc) is 2.75. The van der Waals surface area contributed by atoms with Crippen molar-refractivity contribution in [1.29, 1.82) is 0 Å². The maximum Gasteiger partial charge on any atom is 0.384 e. The summed E-state index contributed by atoms with van der Waals surface area (Å²) in [5, 5.41) is 12.0. The van der Waals surface area contributed by atoms with E-state index in [1.165, 1.54) is 55.5 Å². The summed E-state index contributed by atoms with van der Waals surface area (Å²) in [6.07, 6.45) is -1.44. The topological polar surface area (TPSA) is 138 Å². The first-order chi connectivity index (χ1) is 14.5. The molecule has 0 heterocycles. The molecule has 0 bridgehead atoms. The van der Waals surface area contributed by atoms with Gasteiger partial charge in [0.1, 0.15) is 0 Å². The second kappa shape index (κ2) is 10.0. The molecule has 2 aromatic carbocycles. The van der Waals surface area contributed by atoms with Gasteiger partial charge in [-0.15, -0.1) is 0 Å². The van der Waals surface area contributed by atoms with Crippen molar-refractivity contribution < 1.29 is 31.3 Å². The number of benzene rings is 2. The number of sulfone groups is 2. The summed E-state index contributed by atoms with van der Waals surface area (Å²) in [6, 6.07) is 14.6. The zero-order valence-electron chi connectivity index (χ0n) is 16.8. The van der Waals surface area contributed by atoms with Gasteiger partial charge >= 0.3 is 11.5 Å². The Morgan fingerprint density at radius 3 is 1.58 bits per heavy atom. The number of esters is 1. The zero-order valence-corrected chi connectivity index (χ0v) is 18.5. The zero-order chi connectivity index (χ0) is 23.1. The maximum absolute atomic E-state index is 12.6. The first-order valence-electron chi connectivity index (χ1n) is 9.42. The van der Waals surface area contributed by atoms with Gasteiger partial charge in [-0.2, -0.15) is 0 Å². The van der Waals surface area contributed by atoms with Crippen LogP contribution in [0.5, 0.6) is 0 Å². The molecule has 0 spiro atoms. The smallest absolute Gasteiger partial charge is 0.384 e. The van der Waals surface area contributed by atoms with Crippen LogP contribution in [-0.2, 0) is 29.2 Å². The molecule has 11 heteroatoms. The third-order valence-electron chi connectivity index (χ3n) is 4.78. The van der Waals surface area contributed by atoms with Gasteiger partial charge in [0.15, 0.2) is 19.7 Å². The van der Waals surface area contributed by atoms with E-state index in [1.807, 2.05) is 0 Å². The Morgan fingerprint density at radius 1 is 0.871 bits per heavy atom. The molecule has 0 unspecified atom stereocenters. The molecule has 0 amide bonds. The van der Waals surface area contributed by atoms with Crippen LogP contribution in [0, 0.1) is 10.1 Å². The Kier molecular flexibility index (Phi) is 7.91. The van der Waals surface area contributed by atoms with Gasteiger partial charge in [0, 0.05) is 17.8 Å². The van der Waals surface area contributed by atoms with Gasteiger partial charge in [0.25, 0.3) is 0 Å². The number of nitrogens with zero attached hydrogens (tertiary/aromatic N) is 1. The van der Waals surface area contributed by atoms with E-state index < -0.39 is 60.5 Å². The molecule has 0 aromatic heterocycles. The standard InChI is InChI=1S/C20H23NO8S2/c1-2-29-19(22)20(21(23)24,13-15-30(25,26)17-9-5-3-6-10-17)14-16-31(27,28)18-11-7-4-8-12-18/h3-12H,2,13-16H2,1H3. The quantitative estimate of drug-likeness (QED) is 0.278. The number of carbonyl (C=O) groups is 1. The molecule has 0 radical (unpaired) electrons. The van der Waals surface area contributed by atoms with Gasteiger partial charge < -0.3 is 4.74 Å². The molecule has 168 valence electrons. The van der Waals surface area contributed by atoms with Crippen molar-refractivity contribution >= 4 is 25.6 Å². The summed E-state index contributed by atoms with van der Waals surface area (Å²) in [7, 11) is -7.89. The Hall–Kier alpha value is -2.79. The minimum Gasteiger partial charge on any atom is -0.461 e. The van der Waals surface area contributed by atoms with Crippen LogP contribution in [0.25, 0.3) is 0 Å². The van der Waals surface area contributed by atoms with Gasteiger partial charge in [-0.05, 0) is 31.2 Å². The van der Waals surface area contributed by atoms with Crippen LogP contribution in [0.4, 0.5) is 0 Å². The fourth-order valence-corrected chi connectivity index (χ4v) is 5.78. The second-order valence-electron chi connectivity index (χ2n) is 6.77. The van der Waals surface area contributed by atoms with Crippen LogP contribution in [0.15, 0.2) is 70.5 Å². The lowest BCUT2D eigenvalue weighted by Crippen LogP contribution is -2.50. The van der Waals surface area contributed by atoms with E-state index in [0.717, 1.165) is 0 Å². The number of hydrogen-bond acceptors (Lipinski definition) is 8. The first kappa shape index (κ1) is 24.5. The van der Waals surface area contributed by atoms with E-state index in [0.29, 0.717) is 0 Å². The van der Waals surface area contributed by atoms with Crippen molar-refractivity contribution in [2.45, 2.75) is 35.1 Å². The molecule has 2 aromatic rings. The highest BCUT2D eigenvalue weighted by atomic mass is 32.2. The lowest BCUT2D eigenvalue weighted by atomic mass is 9.94. The third kappa shape index (κ3) is 5.88. The van der Waals surface area contributed by atoms with Crippen molar-refractivity contribution in [3.8, 4) is 0 Å². The molecule has 0 saturated carbocycles. The number of rotatable bonds is 11. The molecule has 0 saturated heterocycles. The Bertz CT molecular complexity index is 1040. The van der Waals surface area contributed by atoms with E-state index in [-0.39, 0.29) is 16.4 Å². The van der Waals surface area contributed by atoms with Crippen LogP contribution in [0.1, 0.15) is 19.8 Å². The van der Waals surface area contributed by atoms with Gasteiger partial charge in [-0.3, -0.25) is 10.1 Å². The highest BCUT2D eigenvalue weighted by Crippen LogP contribution is 2.27. The molecule has 9 nitrogen and oxygen atoms in total. The lowest BCUT2D eigenvalue weighted by molar-refractivity contribution is -0.556. The molecule has 31 heavy (non-hydrogen) atoms. The maximum atomic E-state index is 12.6. The first-order valence-corrected chi connectivity index (χ1v) is 12.7. The fourth-order valence-electron chi connectivity index (χ4n) is 2.95. The van der Waals surface area contributed by atoms with Crippen molar-refractivity contribution in [2.24, 2.45) is 0 Å². The van der Waals surface area contributed by atoms with E-state index >= 15 is 0 Å². The highest BCUT2D eigenvalue weighted by Gasteiger charge is 2.53. The van der Waals surface area contributed by atoms with Crippen molar-refractivity contribution in [1.82, 2.24) is 0 Å². The van der Waals surface area contributed by atoms with Gasteiger partial charge in [0.05, 0.1) is 27.9 Å². The monoisotopic (exact) mass is 469 g/mol. The fraction of sp³-hybridized carbons (Fsp3) is 0.350. The molecule has 2 rings (SSSR count). The van der Waals surface area contributed by atoms with E-state index in [1.54, 1.807) is 12.1 Å². The SMILES string of the molecule is CCOC(=O)C(CCS(=O)(=O)c1ccccc1)(CCS(=O)(=O)c1ccccc1)[N+](=O)[O-]. The summed E-state index contributed by atoms with van der Waals surface area (Å²) >= 11 is 0. The number of nitro groups is 1. The Labute approximate surface area is 181 Å². The normalized spacial score (nSPS) is 12.3. The molecule has 0 N–H and O–H groups in total. The van der Waals surface area contributed by atoms with Crippen LogP contribution in [-0.4, -0.2) is 51.4 Å². The molecular formula is C20H23NO8S2. The van der Waals surface area contributed by atoms with Gasteiger partial charge in [0.2, 0.25) is 0 Å². The Balaban J connectivity index is 2.35. The van der Waals surface area contributed by atoms with Crippen LogP contribution >= 0.6 is 0 Å². The molecule has 0 fully saturated rings. The van der Waals surface area contributed by atoms with Crippen LogP contribution in [0.2, 0.25) is 0 Å². The van der Waals surface area contributed by atoms with Gasteiger partial charge in [-0.25, -0.2) is 21.6 Å². The molecule has 0 aliphatic heterocycles. The lowest BCUT2D eigenvalue weighted by Gasteiger charge is -2.23. The predicted octanol–water partition coefficient (Wildman–Crippen LogP) is 2.29. The van der Waals surface area contributed by atoms with Crippen molar-refractivity contribution in [3.63, 3.8) is 0 Å². The largest absolute Gasteiger partial charge is 0.461 e. The van der Waals surface area contributed by atoms with Crippen molar-refractivity contribution in [3.05, 3.63) is 70.8 Å². The number of hydrogen-bond donors (Lipinski definition) is 0. The molecule has 0 aliphatic carbocycles. The van der Waals surface area contributed by atoms with E-state index in [4.69, 9.17) is 4.74 Å². The number of ether oxygens (including phenoxy) is 1. The Morgan fingerprint density at radius 2 is 1.26 bits per heavy atom. The predicted molar refractivity (Wildman–Crippen MR) is 113 cm³/mol. The summed E-state index contributed by atoms with van der Waals surface area (Å²) < 4.78 is 55.3. The van der Waals surface area contributed by atoms with E-state index in [2.05, 4.69) is 0 Å². The van der Waals surface area contributed by atoms with Crippen molar-refractivity contribution in [2.75, 3.05) is 18.1 Å². The summed E-state index contributed by atoms with van der Waals surface area (Å²) in [5.41, 5.74) is -2.51. The minimum atomic E-state index is -3.94. The minimum absolute atomic E-state index is 0.0481. The third-order valence-corrected chi connectivity index (χ3v) is 8.24. The molecule has 0 aliphatic rings. The average molecular weight is 470 g/mol. The van der Waals surface area contributed by atoms with E-state index in [9.17, 15) is 31.7 Å². The van der Waals surface area contributed by atoms with Crippen LogP contribution < -0.4 is 0 Å². The second-order valence-corrected chi connectivity index (χ2v) is 11.0. The highest BCUT2D eigenvalue weighted by molar-refractivity contribution is 7.91. The number of carbonyl (C=O) groups excluding carboxylic acids is 1. The summed E-state index contributed by atoms with van der Waals surface area (Å²) in [6.45, 7) is 1.27. The molecule has 0 atom stereocenters. The van der Waals surface area contributed by atoms with Gasteiger partial charge in [-0.1, -0.05) is 36.4 Å². The molecular weight excluding hydrogens is 446 g/mol. The summed E-state index contributed by atoms with van der Waals surface area (Å²) in [4.78, 5) is 23.5. The summed E-state index contributed by atoms with van der Waals surface area (Å²) in [5.74, 6) is -2.70. The van der Waals surface area contributed by atoms with Crippen LogP contribution in [0.3, 0.4) is 0 Å².